The van der Waals surface area contributed by atoms with E-state index in [2.05, 4.69) is 17.4 Å². The molecule has 0 saturated carbocycles. The Bertz CT molecular complexity index is 1030. The van der Waals surface area contributed by atoms with Gasteiger partial charge in [0, 0.05) is 29.9 Å². The van der Waals surface area contributed by atoms with E-state index in [1.165, 1.54) is 29.3 Å². The van der Waals surface area contributed by atoms with Crippen molar-refractivity contribution < 1.29 is 14.0 Å². The molecule has 0 bridgehead atoms. The smallest absolute Gasteiger partial charge is 0.255 e. The van der Waals surface area contributed by atoms with E-state index in [0.29, 0.717) is 29.9 Å². The highest BCUT2D eigenvalue weighted by atomic mass is 19.1. The molecule has 0 aromatic heterocycles. The van der Waals surface area contributed by atoms with Gasteiger partial charge in [-0.1, -0.05) is 30.3 Å². The van der Waals surface area contributed by atoms with Crippen LogP contribution in [0.2, 0.25) is 0 Å². The van der Waals surface area contributed by atoms with Crippen LogP contribution in [0.5, 0.6) is 0 Å². The molecule has 3 aromatic rings. The molecule has 1 aliphatic rings. The lowest BCUT2D eigenvalue weighted by molar-refractivity contribution is 0.0734. The average molecular weight is 374 g/mol. The van der Waals surface area contributed by atoms with Gasteiger partial charge in [-0.3, -0.25) is 9.59 Å². The summed E-state index contributed by atoms with van der Waals surface area (Å²) in [5.74, 6) is -0.815. The van der Waals surface area contributed by atoms with Crippen LogP contribution in [0.4, 0.5) is 10.1 Å². The lowest BCUT2D eigenvalue weighted by Gasteiger charge is -2.29. The zero-order chi connectivity index (χ0) is 19.5. The lowest BCUT2D eigenvalue weighted by atomic mass is 9.99. The Kier molecular flexibility index (Phi) is 4.89. The maximum Gasteiger partial charge on any atom is 0.255 e. The fourth-order valence-electron chi connectivity index (χ4n) is 3.39. The van der Waals surface area contributed by atoms with E-state index in [1.807, 2.05) is 17.0 Å². The van der Waals surface area contributed by atoms with Crippen LogP contribution >= 0.6 is 0 Å². The summed E-state index contributed by atoms with van der Waals surface area (Å²) in [6.07, 6.45) is 0.843. The zero-order valence-electron chi connectivity index (χ0n) is 15.2. The minimum atomic E-state index is -0.415. The molecule has 0 atom stereocenters. The Morgan fingerprint density at radius 1 is 0.857 bits per heavy atom. The highest BCUT2D eigenvalue weighted by molar-refractivity contribution is 6.05. The van der Waals surface area contributed by atoms with Gasteiger partial charge in [0.05, 0.1) is 0 Å². The third-order valence-electron chi connectivity index (χ3n) is 4.89. The molecule has 2 amide bonds. The van der Waals surface area contributed by atoms with Crippen LogP contribution in [0, 0.1) is 5.82 Å². The van der Waals surface area contributed by atoms with Crippen molar-refractivity contribution in [2.45, 2.75) is 13.0 Å². The molecular weight excluding hydrogens is 355 g/mol. The average Bonchev–Trinajstić information content (AvgIpc) is 2.73. The second-order valence-electron chi connectivity index (χ2n) is 6.79. The zero-order valence-corrected chi connectivity index (χ0v) is 15.2. The molecule has 3 aromatic carbocycles. The van der Waals surface area contributed by atoms with Crippen LogP contribution in [0.1, 0.15) is 31.8 Å². The van der Waals surface area contributed by atoms with E-state index in [0.717, 1.165) is 6.42 Å². The largest absolute Gasteiger partial charge is 0.334 e. The van der Waals surface area contributed by atoms with Crippen LogP contribution in [-0.4, -0.2) is 23.3 Å². The number of nitrogens with one attached hydrogen (secondary N) is 1. The molecule has 1 aliphatic heterocycles. The molecule has 28 heavy (non-hydrogen) atoms. The van der Waals surface area contributed by atoms with Gasteiger partial charge in [0.1, 0.15) is 5.82 Å². The molecule has 0 radical (unpaired) electrons. The maximum absolute atomic E-state index is 13.2. The van der Waals surface area contributed by atoms with Gasteiger partial charge in [0.25, 0.3) is 11.8 Å². The standard InChI is InChI=1S/C23H19FN2O2/c24-20-6-3-7-21(14-20)25-22(27)17-8-10-18(11-9-17)23(28)26-13-12-16-4-1-2-5-19(16)15-26/h1-11,14H,12-13,15H2,(H,25,27). The molecule has 0 fully saturated rings. The van der Waals surface area contributed by atoms with Crippen LogP contribution in [-0.2, 0) is 13.0 Å². The molecule has 0 spiro atoms. The minimum absolute atomic E-state index is 0.0495. The number of halogens is 1. The number of amides is 2. The molecule has 5 heteroatoms. The Morgan fingerprint density at radius 3 is 2.32 bits per heavy atom. The van der Waals surface area contributed by atoms with Crippen molar-refractivity contribution in [1.29, 1.82) is 0 Å². The Hall–Kier alpha value is -3.47. The SMILES string of the molecule is O=C(Nc1cccc(F)c1)c1ccc(C(=O)N2CCc3ccccc3C2)cc1. The molecule has 1 heterocycles. The van der Waals surface area contributed by atoms with E-state index >= 15 is 0 Å². The van der Waals surface area contributed by atoms with E-state index in [-0.39, 0.29) is 11.8 Å². The van der Waals surface area contributed by atoms with Gasteiger partial charge < -0.3 is 10.2 Å². The fraction of sp³-hybridized carbons (Fsp3) is 0.130. The number of carbonyl (C=O) groups is 2. The Balaban J connectivity index is 1.44. The first kappa shape index (κ1) is 17.9. The predicted octanol–water partition coefficient (Wildman–Crippen LogP) is 4.28. The van der Waals surface area contributed by atoms with Gasteiger partial charge in [-0.2, -0.15) is 0 Å². The number of hydrogen-bond donors (Lipinski definition) is 1. The summed E-state index contributed by atoms with van der Waals surface area (Å²) in [4.78, 5) is 26.9. The third kappa shape index (κ3) is 3.78. The Labute approximate surface area is 162 Å². The summed E-state index contributed by atoms with van der Waals surface area (Å²) >= 11 is 0. The van der Waals surface area contributed by atoms with Crippen molar-refractivity contribution in [3.05, 3.63) is 101 Å². The summed E-state index contributed by atoms with van der Waals surface area (Å²) in [6, 6.07) is 20.4. The number of anilines is 1. The third-order valence-corrected chi connectivity index (χ3v) is 4.89. The van der Waals surface area contributed by atoms with E-state index < -0.39 is 5.82 Å². The number of benzene rings is 3. The van der Waals surface area contributed by atoms with E-state index in [4.69, 9.17) is 0 Å². The first-order chi connectivity index (χ1) is 13.6. The number of nitrogens with zero attached hydrogens (tertiary/aromatic N) is 1. The summed E-state index contributed by atoms with van der Waals surface area (Å²) in [5.41, 5.74) is 3.80. The number of hydrogen-bond acceptors (Lipinski definition) is 2. The van der Waals surface area contributed by atoms with Crippen molar-refractivity contribution in [2.24, 2.45) is 0 Å². The van der Waals surface area contributed by atoms with Crippen molar-refractivity contribution in [2.75, 3.05) is 11.9 Å². The fourth-order valence-corrected chi connectivity index (χ4v) is 3.39. The molecule has 4 nitrogen and oxygen atoms in total. The van der Waals surface area contributed by atoms with Gasteiger partial charge in [-0.25, -0.2) is 4.39 Å². The van der Waals surface area contributed by atoms with Crippen LogP contribution in [0.15, 0.2) is 72.8 Å². The molecule has 0 aliphatic carbocycles. The molecule has 1 N–H and O–H groups in total. The highest BCUT2D eigenvalue weighted by Crippen LogP contribution is 2.20. The van der Waals surface area contributed by atoms with Crippen LogP contribution in [0.3, 0.4) is 0 Å². The van der Waals surface area contributed by atoms with Crippen molar-refractivity contribution in [3.8, 4) is 0 Å². The normalized spacial score (nSPS) is 13.0. The molecular formula is C23H19FN2O2. The van der Waals surface area contributed by atoms with Crippen molar-refractivity contribution in [1.82, 2.24) is 4.90 Å². The predicted molar refractivity (Wildman–Crippen MR) is 106 cm³/mol. The summed E-state index contributed by atoms with van der Waals surface area (Å²) in [6.45, 7) is 1.27. The molecule has 4 rings (SSSR count). The summed E-state index contributed by atoms with van der Waals surface area (Å²) in [5, 5.41) is 2.65. The van der Waals surface area contributed by atoms with Crippen molar-refractivity contribution >= 4 is 17.5 Å². The first-order valence-electron chi connectivity index (χ1n) is 9.13. The van der Waals surface area contributed by atoms with Gasteiger partial charge in [-0.15, -0.1) is 0 Å². The molecule has 0 saturated heterocycles. The van der Waals surface area contributed by atoms with Crippen LogP contribution in [0.25, 0.3) is 0 Å². The number of fused-ring (bicyclic) bond motifs is 1. The van der Waals surface area contributed by atoms with Gasteiger partial charge in [0.15, 0.2) is 0 Å². The van der Waals surface area contributed by atoms with Crippen LogP contribution < -0.4 is 5.32 Å². The Morgan fingerprint density at radius 2 is 1.57 bits per heavy atom. The van der Waals surface area contributed by atoms with Gasteiger partial charge in [-0.05, 0) is 60.0 Å². The number of carbonyl (C=O) groups excluding carboxylic acids is 2. The van der Waals surface area contributed by atoms with Gasteiger partial charge in [0.2, 0.25) is 0 Å². The quantitative estimate of drug-likeness (QED) is 0.744. The molecule has 140 valence electrons. The van der Waals surface area contributed by atoms with Crippen molar-refractivity contribution in [3.63, 3.8) is 0 Å². The minimum Gasteiger partial charge on any atom is -0.334 e. The monoisotopic (exact) mass is 374 g/mol. The van der Waals surface area contributed by atoms with E-state index in [1.54, 1.807) is 30.3 Å². The molecule has 0 unspecified atom stereocenters. The number of rotatable bonds is 3. The maximum atomic E-state index is 13.2. The van der Waals surface area contributed by atoms with E-state index in [9.17, 15) is 14.0 Å². The second-order valence-corrected chi connectivity index (χ2v) is 6.79. The lowest BCUT2D eigenvalue weighted by Crippen LogP contribution is -2.35. The highest BCUT2D eigenvalue weighted by Gasteiger charge is 2.21. The summed E-state index contributed by atoms with van der Waals surface area (Å²) < 4.78 is 13.2. The topological polar surface area (TPSA) is 49.4 Å². The first-order valence-corrected chi connectivity index (χ1v) is 9.13. The second kappa shape index (κ2) is 7.64. The van der Waals surface area contributed by atoms with Gasteiger partial charge >= 0.3 is 0 Å². The summed E-state index contributed by atoms with van der Waals surface area (Å²) in [7, 11) is 0.